The van der Waals surface area contributed by atoms with Crippen molar-refractivity contribution in [3.05, 3.63) is 12.7 Å². The van der Waals surface area contributed by atoms with Gasteiger partial charge >= 0.3 is 0 Å². The molecular formula is C16H36O2Si2. The zero-order valence-corrected chi connectivity index (χ0v) is 17.4. The Bertz CT molecular complexity index is 322. The molecule has 0 aromatic rings. The molecular weight excluding hydrogens is 280 g/mol. The maximum absolute atomic E-state index is 6.38. The number of hydrogen-bond acceptors (Lipinski definition) is 2. The number of rotatable bonds is 6. The van der Waals surface area contributed by atoms with Crippen LogP contribution in [0.15, 0.2) is 12.7 Å². The molecule has 0 bridgehead atoms. The van der Waals surface area contributed by atoms with Gasteiger partial charge in [-0.1, -0.05) is 47.6 Å². The smallest absolute Gasteiger partial charge is 0.192 e. The van der Waals surface area contributed by atoms with Crippen LogP contribution in [-0.4, -0.2) is 29.3 Å². The van der Waals surface area contributed by atoms with Crippen molar-refractivity contribution in [2.24, 2.45) is 0 Å². The van der Waals surface area contributed by atoms with Crippen LogP contribution >= 0.6 is 0 Å². The fourth-order valence-electron chi connectivity index (χ4n) is 1.21. The first-order valence-electron chi connectivity index (χ1n) is 7.58. The lowest BCUT2D eigenvalue weighted by molar-refractivity contribution is 0.141. The van der Waals surface area contributed by atoms with E-state index < -0.39 is 16.6 Å². The van der Waals surface area contributed by atoms with E-state index in [4.69, 9.17) is 8.85 Å². The minimum Gasteiger partial charge on any atom is -0.414 e. The van der Waals surface area contributed by atoms with Gasteiger partial charge in [0.15, 0.2) is 16.6 Å². The van der Waals surface area contributed by atoms with E-state index in [1.54, 1.807) is 0 Å². The molecule has 0 heterocycles. The van der Waals surface area contributed by atoms with Gasteiger partial charge in [0, 0.05) is 0 Å². The van der Waals surface area contributed by atoms with Gasteiger partial charge in [0.1, 0.15) is 0 Å². The van der Waals surface area contributed by atoms with Gasteiger partial charge in [0.05, 0.1) is 12.7 Å². The second-order valence-electron chi connectivity index (χ2n) is 8.72. The molecule has 2 nitrogen and oxygen atoms in total. The molecule has 0 N–H and O–H groups in total. The highest BCUT2D eigenvalue weighted by molar-refractivity contribution is 6.74. The molecule has 1 atom stereocenters. The Morgan fingerprint density at radius 2 is 1.30 bits per heavy atom. The fourth-order valence-corrected chi connectivity index (χ4v) is 3.50. The average Bonchev–Trinajstić information content (AvgIpc) is 2.20. The van der Waals surface area contributed by atoms with E-state index in [1.807, 2.05) is 6.08 Å². The monoisotopic (exact) mass is 316 g/mol. The molecule has 20 heavy (non-hydrogen) atoms. The Kier molecular flexibility index (Phi) is 6.50. The third-order valence-electron chi connectivity index (χ3n) is 4.93. The van der Waals surface area contributed by atoms with Crippen molar-refractivity contribution in [2.75, 3.05) is 6.61 Å². The van der Waals surface area contributed by atoms with E-state index in [-0.39, 0.29) is 16.2 Å². The van der Waals surface area contributed by atoms with Crippen LogP contribution in [0.2, 0.25) is 36.3 Å². The summed E-state index contributed by atoms with van der Waals surface area (Å²) in [5, 5.41) is 0.445. The summed E-state index contributed by atoms with van der Waals surface area (Å²) in [4.78, 5) is 0. The maximum atomic E-state index is 6.38. The summed E-state index contributed by atoms with van der Waals surface area (Å²) in [5.74, 6) is 0. The van der Waals surface area contributed by atoms with E-state index in [1.165, 1.54) is 0 Å². The Morgan fingerprint density at radius 3 is 1.60 bits per heavy atom. The highest BCUT2D eigenvalue weighted by Gasteiger charge is 2.40. The summed E-state index contributed by atoms with van der Waals surface area (Å²) in [5.41, 5.74) is 0. The number of hydrogen-bond donors (Lipinski definition) is 0. The molecule has 0 radical (unpaired) electrons. The normalized spacial score (nSPS) is 16.1. The predicted octanol–water partition coefficient (Wildman–Crippen LogP) is 5.58. The van der Waals surface area contributed by atoms with Gasteiger partial charge in [-0.05, 0) is 36.3 Å². The molecule has 0 unspecified atom stereocenters. The van der Waals surface area contributed by atoms with Crippen LogP contribution in [0.25, 0.3) is 0 Å². The average molecular weight is 317 g/mol. The molecule has 0 amide bonds. The largest absolute Gasteiger partial charge is 0.414 e. The lowest BCUT2D eigenvalue weighted by atomic mass is 10.2. The molecule has 120 valence electrons. The highest BCUT2D eigenvalue weighted by Crippen LogP contribution is 2.39. The summed E-state index contributed by atoms with van der Waals surface area (Å²) >= 11 is 0. The Hall–Kier alpha value is 0.0938. The quantitative estimate of drug-likeness (QED) is 0.470. The van der Waals surface area contributed by atoms with E-state index in [9.17, 15) is 0 Å². The standard InChI is InChI=1S/C16H36O2Si2/c1-12-14(18-20(10,11)16(5,6)7)13-17-19(8,9)15(2,3)4/h12,14H,1,13H2,2-11H3/t14-/m1/s1. The van der Waals surface area contributed by atoms with E-state index in [2.05, 4.69) is 74.3 Å². The predicted molar refractivity (Wildman–Crippen MR) is 95.4 cm³/mol. The highest BCUT2D eigenvalue weighted by atomic mass is 28.4. The van der Waals surface area contributed by atoms with Crippen LogP contribution in [0.1, 0.15) is 41.5 Å². The van der Waals surface area contributed by atoms with E-state index in [0.717, 1.165) is 0 Å². The van der Waals surface area contributed by atoms with Crippen LogP contribution in [-0.2, 0) is 8.85 Å². The molecule has 0 aliphatic heterocycles. The Morgan fingerprint density at radius 1 is 0.900 bits per heavy atom. The van der Waals surface area contributed by atoms with E-state index in [0.29, 0.717) is 6.61 Å². The topological polar surface area (TPSA) is 18.5 Å². The zero-order valence-electron chi connectivity index (χ0n) is 15.4. The van der Waals surface area contributed by atoms with Crippen LogP contribution in [0.3, 0.4) is 0 Å². The van der Waals surface area contributed by atoms with Crippen LogP contribution in [0, 0.1) is 0 Å². The zero-order chi connectivity index (χ0) is 16.4. The molecule has 0 aromatic carbocycles. The van der Waals surface area contributed by atoms with Crippen molar-refractivity contribution in [3.8, 4) is 0 Å². The molecule has 4 heteroatoms. The SMILES string of the molecule is C=C[C@H](CO[Si](C)(C)C(C)(C)C)O[Si](C)(C)C(C)(C)C. The van der Waals surface area contributed by atoms with Gasteiger partial charge in [-0.15, -0.1) is 6.58 Å². The van der Waals surface area contributed by atoms with Gasteiger partial charge in [-0.25, -0.2) is 0 Å². The molecule has 0 rings (SSSR count). The second-order valence-corrected chi connectivity index (χ2v) is 18.3. The summed E-state index contributed by atoms with van der Waals surface area (Å²) in [6, 6.07) is 0. The molecule has 0 aromatic heterocycles. The first-order chi connectivity index (χ1) is 8.64. The van der Waals surface area contributed by atoms with Crippen molar-refractivity contribution in [2.45, 2.75) is 83.9 Å². The van der Waals surface area contributed by atoms with Crippen molar-refractivity contribution in [1.29, 1.82) is 0 Å². The minimum absolute atomic E-state index is 0.00465. The van der Waals surface area contributed by atoms with Gasteiger partial charge in [0.2, 0.25) is 0 Å². The van der Waals surface area contributed by atoms with Crippen molar-refractivity contribution < 1.29 is 8.85 Å². The molecule has 0 aliphatic rings. The van der Waals surface area contributed by atoms with Crippen LogP contribution in [0.4, 0.5) is 0 Å². The molecule has 0 saturated heterocycles. The third kappa shape index (κ3) is 5.47. The molecule has 0 spiro atoms. The summed E-state index contributed by atoms with van der Waals surface area (Å²) < 4.78 is 12.6. The maximum Gasteiger partial charge on any atom is 0.192 e. The van der Waals surface area contributed by atoms with Crippen LogP contribution in [0.5, 0.6) is 0 Å². The van der Waals surface area contributed by atoms with Gasteiger partial charge in [-0.3, -0.25) is 0 Å². The Balaban J connectivity index is 4.72. The van der Waals surface area contributed by atoms with Gasteiger partial charge in [0.25, 0.3) is 0 Å². The minimum atomic E-state index is -1.77. The first kappa shape index (κ1) is 20.1. The molecule has 0 aliphatic carbocycles. The molecule has 0 fully saturated rings. The van der Waals surface area contributed by atoms with Crippen LogP contribution < -0.4 is 0 Å². The Labute approximate surface area is 129 Å². The summed E-state index contributed by atoms with van der Waals surface area (Å²) in [7, 11) is -3.48. The summed E-state index contributed by atoms with van der Waals surface area (Å²) in [6.07, 6.45) is 1.90. The van der Waals surface area contributed by atoms with Gasteiger partial charge in [-0.2, -0.15) is 0 Å². The summed E-state index contributed by atoms with van der Waals surface area (Å²) in [6.45, 7) is 27.2. The first-order valence-corrected chi connectivity index (χ1v) is 13.4. The molecule has 0 saturated carbocycles. The second kappa shape index (κ2) is 6.47. The lowest BCUT2D eigenvalue weighted by Gasteiger charge is -2.41. The van der Waals surface area contributed by atoms with Crippen molar-refractivity contribution in [1.82, 2.24) is 0 Å². The van der Waals surface area contributed by atoms with Crippen molar-refractivity contribution >= 4 is 16.6 Å². The van der Waals surface area contributed by atoms with Gasteiger partial charge < -0.3 is 8.85 Å². The fraction of sp³-hybridized carbons (Fsp3) is 0.875. The third-order valence-corrected chi connectivity index (χ3v) is 13.9. The lowest BCUT2D eigenvalue weighted by Crippen LogP contribution is -2.47. The van der Waals surface area contributed by atoms with Crippen molar-refractivity contribution in [3.63, 3.8) is 0 Å². The van der Waals surface area contributed by atoms with E-state index >= 15 is 0 Å².